The van der Waals surface area contributed by atoms with Crippen molar-refractivity contribution < 1.29 is 18.7 Å². The van der Waals surface area contributed by atoms with Crippen LogP contribution in [0.3, 0.4) is 0 Å². The monoisotopic (exact) mass is 249 g/mol. The first-order valence-electron chi connectivity index (χ1n) is 5.38. The summed E-state index contributed by atoms with van der Waals surface area (Å²) in [5.41, 5.74) is 1.30. The molecule has 2 aromatic rings. The van der Waals surface area contributed by atoms with E-state index in [0.717, 1.165) is 5.56 Å². The van der Waals surface area contributed by atoms with Gasteiger partial charge in [0.25, 0.3) is 0 Å². The molecule has 0 atom stereocenters. The molecule has 0 aliphatic carbocycles. The van der Waals surface area contributed by atoms with Gasteiger partial charge < -0.3 is 14.8 Å². The van der Waals surface area contributed by atoms with Gasteiger partial charge in [-0.05, 0) is 36.8 Å². The van der Waals surface area contributed by atoms with E-state index in [9.17, 15) is 9.18 Å². The van der Waals surface area contributed by atoms with Gasteiger partial charge in [-0.1, -0.05) is 6.07 Å². The maximum atomic E-state index is 13.4. The lowest BCUT2D eigenvalue weighted by Gasteiger charge is -2.06. The molecule has 2 rings (SSSR count). The molecule has 0 saturated carbocycles. The fourth-order valence-corrected chi connectivity index (χ4v) is 1.54. The van der Waals surface area contributed by atoms with Crippen molar-refractivity contribution in [2.45, 2.75) is 13.5 Å². The van der Waals surface area contributed by atoms with Gasteiger partial charge in [-0.15, -0.1) is 0 Å². The van der Waals surface area contributed by atoms with Gasteiger partial charge in [-0.3, -0.25) is 0 Å². The lowest BCUT2D eigenvalue weighted by Crippen LogP contribution is -2.01. The van der Waals surface area contributed by atoms with Crippen LogP contribution in [-0.2, 0) is 6.54 Å². The molecular formula is C13H12FNO3. The molecule has 1 aromatic carbocycles. The number of carboxylic acid groups (broad SMARTS) is 1. The zero-order valence-corrected chi connectivity index (χ0v) is 9.74. The second kappa shape index (κ2) is 4.91. The Morgan fingerprint density at radius 2 is 2.17 bits per heavy atom. The van der Waals surface area contributed by atoms with Crippen LogP contribution in [0.2, 0.25) is 0 Å². The van der Waals surface area contributed by atoms with Gasteiger partial charge in [-0.25, -0.2) is 9.18 Å². The Hall–Kier alpha value is -2.30. The van der Waals surface area contributed by atoms with Crippen molar-refractivity contribution >= 4 is 11.7 Å². The molecule has 0 unspecified atom stereocenters. The molecule has 0 radical (unpaired) electrons. The Kier molecular flexibility index (Phi) is 3.32. The SMILES string of the molecule is Cc1ccc(F)c(NCc2ccc(C(=O)O)o2)c1. The summed E-state index contributed by atoms with van der Waals surface area (Å²) in [4.78, 5) is 10.6. The lowest BCUT2D eigenvalue weighted by molar-refractivity contribution is 0.0660. The number of furan rings is 1. The largest absolute Gasteiger partial charge is 0.475 e. The average Bonchev–Trinajstić information content (AvgIpc) is 2.79. The first-order chi connectivity index (χ1) is 8.56. The van der Waals surface area contributed by atoms with Crippen LogP contribution in [0.5, 0.6) is 0 Å². The van der Waals surface area contributed by atoms with Crippen molar-refractivity contribution in [1.29, 1.82) is 0 Å². The smallest absolute Gasteiger partial charge is 0.371 e. The van der Waals surface area contributed by atoms with Crippen LogP contribution in [-0.4, -0.2) is 11.1 Å². The second-order valence-electron chi connectivity index (χ2n) is 3.91. The number of carboxylic acids is 1. The molecule has 2 N–H and O–H groups in total. The zero-order chi connectivity index (χ0) is 13.1. The van der Waals surface area contributed by atoms with E-state index in [4.69, 9.17) is 9.52 Å². The van der Waals surface area contributed by atoms with Crippen LogP contribution in [0.25, 0.3) is 0 Å². The molecule has 1 heterocycles. The van der Waals surface area contributed by atoms with Gasteiger partial charge in [0.15, 0.2) is 0 Å². The number of halogens is 1. The third-order valence-corrected chi connectivity index (χ3v) is 2.45. The van der Waals surface area contributed by atoms with Gasteiger partial charge in [0.05, 0.1) is 12.2 Å². The summed E-state index contributed by atoms with van der Waals surface area (Å²) in [5, 5.41) is 11.6. The van der Waals surface area contributed by atoms with E-state index < -0.39 is 5.97 Å². The Labute approximate surface area is 103 Å². The minimum Gasteiger partial charge on any atom is -0.475 e. The molecule has 4 nitrogen and oxygen atoms in total. The third kappa shape index (κ3) is 2.68. The maximum absolute atomic E-state index is 13.4. The summed E-state index contributed by atoms with van der Waals surface area (Å²) < 4.78 is 18.5. The number of carbonyl (C=O) groups is 1. The Morgan fingerprint density at radius 3 is 2.83 bits per heavy atom. The topological polar surface area (TPSA) is 62.5 Å². The van der Waals surface area contributed by atoms with Crippen LogP contribution in [0.1, 0.15) is 21.9 Å². The van der Waals surface area contributed by atoms with E-state index in [1.54, 1.807) is 18.2 Å². The van der Waals surface area contributed by atoms with E-state index >= 15 is 0 Å². The molecule has 18 heavy (non-hydrogen) atoms. The molecular weight excluding hydrogens is 237 g/mol. The van der Waals surface area contributed by atoms with E-state index in [0.29, 0.717) is 11.4 Å². The predicted molar refractivity (Wildman–Crippen MR) is 64.1 cm³/mol. The number of anilines is 1. The predicted octanol–water partition coefficient (Wildman–Crippen LogP) is 3.04. The minimum atomic E-state index is -1.12. The summed E-state index contributed by atoms with van der Waals surface area (Å²) in [6, 6.07) is 7.64. The van der Waals surface area contributed by atoms with Crippen molar-refractivity contribution in [2.75, 3.05) is 5.32 Å². The van der Waals surface area contributed by atoms with Crippen LogP contribution in [0, 0.1) is 12.7 Å². The molecule has 0 saturated heterocycles. The van der Waals surface area contributed by atoms with Crippen molar-refractivity contribution in [1.82, 2.24) is 0 Å². The Bertz CT molecular complexity index is 577. The summed E-state index contributed by atoms with van der Waals surface area (Å²) in [6.45, 7) is 2.09. The molecule has 0 amide bonds. The highest BCUT2D eigenvalue weighted by atomic mass is 19.1. The number of aromatic carboxylic acids is 1. The van der Waals surface area contributed by atoms with Crippen LogP contribution in [0.4, 0.5) is 10.1 Å². The normalized spacial score (nSPS) is 10.3. The van der Waals surface area contributed by atoms with Gasteiger partial charge >= 0.3 is 5.97 Å². The first-order valence-corrected chi connectivity index (χ1v) is 5.38. The molecule has 0 aliphatic heterocycles. The highest BCUT2D eigenvalue weighted by molar-refractivity contribution is 5.84. The molecule has 0 spiro atoms. The summed E-state index contributed by atoms with van der Waals surface area (Å²) >= 11 is 0. The number of benzene rings is 1. The van der Waals surface area contributed by atoms with Crippen LogP contribution in [0.15, 0.2) is 34.7 Å². The highest BCUT2D eigenvalue weighted by Gasteiger charge is 2.09. The number of rotatable bonds is 4. The maximum Gasteiger partial charge on any atom is 0.371 e. The molecule has 0 fully saturated rings. The van der Waals surface area contributed by atoms with Crippen molar-refractivity contribution in [3.8, 4) is 0 Å². The van der Waals surface area contributed by atoms with Crippen LogP contribution >= 0.6 is 0 Å². The molecule has 5 heteroatoms. The zero-order valence-electron chi connectivity index (χ0n) is 9.74. The number of aryl methyl sites for hydroxylation is 1. The van der Waals surface area contributed by atoms with E-state index in [1.165, 1.54) is 12.1 Å². The molecule has 0 aliphatic rings. The van der Waals surface area contributed by atoms with E-state index in [-0.39, 0.29) is 18.1 Å². The standard InChI is InChI=1S/C13H12FNO3/c1-8-2-4-10(14)11(6-8)15-7-9-3-5-12(18-9)13(16)17/h2-6,15H,7H2,1H3,(H,16,17). The highest BCUT2D eigenvalue weighted by Crippen LogP contribution is 2.17. The van der Waals surface area contributed by atoms with Crippen molar-refractivity contribution in [3.05, 3.63) is 53.2 Å². The molecule has 0 bridgehead atoms. The van der Waals surface area contributed by atoms with Crippen LogP contribution < -0.4 is 5.32 Å². The lowest BCUT2D eigenvalue weighted by atomic mass is 10.2. The molecule has 1 aromatic heterocycles. The second-order valence-corrected chi connectivity index (χ2v) is 3.91. The summed E-state index contributed by atoms with van der Waals surface area (Å²) in [5.74, 6) is -1.17. The third-order valence-electron chi connectivity index (χ3n) is 2.45. The average molecular weight is 249 g/mol. The fourth-order valence-electron chi connectivity index (χ4n) is 1.54. The van der Waals surface area contributed by atoms with Crippen molar-refractivity contribution in [3.63, 3.8) is 0 Å². The summed E-state index contributed by atoms with van der Waals surface area (Å²) in [6.07, 6.45) is 0. The summed E-state index contributed by atoms with van der Waals surface area (Å²) in [7, 11) is 0. The fraction of sp³-hybridized carbons (Fsp3) is 0.154. The van der Waals surface area contributed by atoms with Gasteiger partial charge in [0, 0.05) is 0 Å². The Balaban J connectivity index is 2.06. The van der Waals surface area contributed by atoms with E-state index in [2.05, 4.69) is 5.32 Å². The number of hydrogen-bond acceptors (Lipinski definition) is 3. The first kappa shape index (κ1) is 12.2. The number of hydrogen-bond donors (Lipinski definition) is 2. The Morgan fingerprint density at radius 1 is 1.39 bits per heavy atom. The quantitative estimate of drug-likeness (QED) is 0.874. The molecule has 94 valence electrons. The number of nitrogens with one attached hydrogen (secondary N) is 1. The van der Waals surface area contributed by atoms with Gasteiger partial charge in [0.1, 0.15) is 11.6 Å². The van der Waals surface area contributed by atoms with Gasteiger partial charge in [0.2, 0.25) is 5.76 Å². The van der Waals surface area contributed by atoms with Crippen molar-refractivity contribution in [2.24, 2.45) is 0 Å². The van der Waals surface area contributed by atoms with E-state index in [1.807, 2.05) is 6.92 Å². The minimum absolute atomic E-state index is 0.128. The van der Waals surface area contributed by atoms with Gasteiger partial charge in [-0.2, -0.15) is 0 Å².